The highest BCUT2D eigenvalue weighted by molar-refractivity contribution is 5.74. The van der Waals surface area contributed by atoms with Gasteiger partial charge in [-0.25, -0.2) is 4.79 Å². The van der Waals surface area contributed by atoms with Gasteiger partial charge in [0, 0.05) is 25.7 Å². The van der Waals surface area contributed by atoms with E-state index in [1.807, 2.05) is 35.2 Å². The molecule has 0 aromatic heterocycles. The van der Waals surface area contributed by atoms with Crippen LogP contribution in [0.15, 0.2) is 30.3 Å². The molecule has 1 aliphatic heterocycles. The van der Waals surface area contributed by atoms with E-state index < -0.39 is 0 Å². The van der Waals surface area contributed by atoms with E-state index in [0.29, 0.717) is 18.4 Å². The lowest BCUT2D eigenvalue weighted by atomic mass is 9.98. The van der Waals surface area contributed by atoms with Crippen LogP contribution in [0.2, 0.25) is 0 Å². The number of nitrogens with one attached hydrogen (secondary N) is 1. The molecule has 1 heterocycles. The average Bonchev–Trinajstić information content (AvgIpc) is 3.00. The number of amides is 2. The van der Waals surface area contributed by atoms with Gasteiger partial charge < -0.3 is 16.0 Å². The second-order valence-electron chi connectivity index (χ2n) is 5.71. The predicted molar refractivity (Wildman–Crippen MR) is 74.4 cm³/mol. The quantitative estimate of drug-likeness (QED) is 0.847. The minimum atomic E-state index is 0.0467. The van der Waals surface area contributed by atoms with Crippen molar-refractivity contribution < 1.29 is 4.79 Å². The van der Waals surface area contributed by atoms with Gasteiger partial charge in [-0.1, -0.05) is 30.3 Å². The lowest BCUT2D eigenvalue weighted by Crippen LogP contribution is -2.39. The predicted octanol–water partition coefficient (Wildman–Crippen LogP) is 1.57. The van der Waals surface area contributed by atoms with Gasteiger partial charge in [-0.3, -0.25) is 0 Å². The summed E-state index contributed by atoms with van der Waals surface area (Å²) in [5, 5.41) is 2.99. The van der Waals surface area contributed by atoms with E-state index in [0.717, 1.165) is 25.1 Å². The van der Waals surface area contributed by atoms with Crippen LogP contribution in [0.25, 0.3) is 0 Å². The van der Waals surface area contributed by atoms with Crippen LogP contribution < -0.4 is 11.1 Å². The van der Waals surface area contributed by atoms with Crippen LogP contribution in [0.1, 0.15) is 18.4 Å². The van der Waals surface area contributed by atoms with Gasteiger partial charge in [0.25, 0.3) is 0 Å². The van der Waals surface area contributed by atoms with Gasteiger partial charge in [0.1, 0.15) is 0 Å². The number of likely N-dealkylation sites (tertiary alicyclic amines) is 1. The van der Waals surface area contributed by atoms with Crippen molar-refractivity contribution >= 4 is 6.03 Å². The number of fused-ring (bicyclic) bond motifs is 1. The average molecular weight is 259 g/mol. The highest BCUT2D eigenvalue weighted by atomic mass is 16.2. The number of nitrogens with zero attached hydrogens (tertiary/aromatic N) is 1. The Morgan fingerprint density at radius 3 is 2.79 bits per heavy atom. The summed E-state index contributed by atoms with van der Waals surface area (Å²) in [5.74, 6) is 1.14. The summed E-state index contributed by atoms with van der Waals surface area (Å²) >= 11 is 0. The van der Waals surface area contributed by atoms with Gasteiger partial charge >= 0.3 is 6.03 Å². The first kappa shape index (κ1) is 12.5. The van der Waals surface area contributed by atoms with Crippen LogP contribution in [-0.4, -0.2) is 30.1 Å². The molecule has 3 atom stereocenters. The van der Waals surface area contributed by atoms with Crippen molar-refractivity contribution in [3.8, 4) is 0 Å². The van der Waals surface area contributed by atoms with Crippen molar-refractivity contribution in [1.29, 1.82) is 0 Å². The Balaban J connectivity index is 1.52. The summed E-state index contributed by atoms with van der Waals surface area (Å²) in [4.78, 5) is 14.1. The molecule has 2 fully saturated rings. The number of hydrogen-bond acceptors (Lipinski definition) is 2. The summed E-state index contributed by atoms with van der Waals surface area (Å²) in [6.45, 7) is 2.29. The fraction of sp³-hybridized carbons (Fsp3) is 0.533. The third-order valence-electron chi connectivity index (χ3n) is 4.49. The van der Waals surface area contributed by atoms with Crippen molar-refractivity contribution in [3.05, 3.63) is 35.9 Å². The fourth-order valence-corrected chi connectivity index (χ4v) is 3.36. The van der Waals surface area contributed by atoms with Crippen molar-refractivity contribution in [3.63, 3.8) is 0 Å². The molecule has 4 heteroatoms. The van der Waals surface area contributed by atoms with Crippen LogP contribution in [0.3, 0.4) is 0 Å². The lowest BCUT2D eigenvalue weighted by molar-refractivity contribution is 0.204. The summed E-state index contributed by atoms with van der Waals surface area (Å²) in [5.41, 5.74) is 7.22. The molecule has 1 saturated heterocycles. The molecule has 2 amide bonds. The summed E-state index contributed by atoms with van der Waals surface area (Å²) in [7, 11) is 0. The van der Waals surface area contributed by atoms with Crippen LogP contribution in [-0.2, 0) is 6.54 Å². The molecular formula is C15H21N3O. The van der Waals surface area contributed by atoms with Gasteiger partial charge in [0.15, 0.2) is 0 Å². The van der Waals surface area contributed by atoms with Gasteiger partial charge in [-0.2, -0.15) is 0 Å². The standard InChI is InChI=1S/C15H21N3O/c16-14-7-6-12-9-18(10-13(12)14)15(19)17-8-11-4-2-1-3-5-11/h1-5,12-14H,6-10,16H2,(H,17,19). The Morgan fingerprint density at radius 1 is 1.26 bits per heavy atom. The van der Waals surface area contributed by atoms with E-state index in [1.54, 1.807) is 0 Å². The molecule has 2 aliphatic rings. The summed E-state index contributed by atoms with van der Waals surface area (Å²) < 4.78 is 0. The fourth-order valence-electron chi connectivity index (χ4n) is 3.36. The Morgan fingerprint density at radius 2 is 2.05 bits per heavy atom. The smallest absolute Gasteiger partial charge is 0.317 e. The van der Waals surface area contributed by atoms with E-state index in [9.17, 15) is 4.79 Å². The number of nitrogens with two attached hydrogens (primary N) is 1. The molecule has 0 radical (unpaired) electrons. The first-order chi connectivity index (χ1) is 9.24. The van der Waals surface area contributed by atoms with Crippen molar-refractivity contribution in [2.75, 3.05) is 13.1 Å². The summed E-state index contributed by atoms with van der Waals surface area (Å²) in [6, 6.07) is 10.3. The van der Waals surface area contributed by atoms with Crippen molar-refractivity contribution in [2.24, 2.45) is 17.6 Å². The number of benzene rings is 1. The van der Waals surface area contributed by atoms with Crippen molar-refractivity contribution in [1.82, 2.24) is 10.2 Å². The number of rotatable bonds is 2. The summed E-state index contributed by atoms with van der Waals surface area (Å²) in [6.07, 6.45) is 2.29. The van der Waals surface area contributed by atoms with Crippen LogP contribution in [0.5, 0.6) is 0 Å². The maximum Gasteiger partial charge on any atom is 0.317 e. The molecular weight excluding hydrogens is 238 g/mol. The third-order valence-corrected chi connectivity index (χ3v) is 4.49. The Bertz CT molecular complexity index is 448. The molecule has 4 nitrogen and oxygen atoms in total. The molecule has 19 heavy (non-hydrogen) atoms. The number of carbonyl (C=O) groups is 1. The maximum absolute atomic E-state index is 12.1. The lowest BCUT2D eigenvalue weighted by Gasteiger charge is -2.19. The highest BCUT2D eigenvalue weighted by Gasteiger charge is 2.42. The van der Waals surface area contributed by atoms with Gasteiger partial charge in [-0.15, -0.1) is 0 Å². The molecule has 1 saturated carbocycles. The molecule has 3 N–H and O–H groups in total. The normalized spacial score (nSPS) is 29.3. The topological polar surface area (TPSA) is 58.4 Å². The molecule has 0 spiro atoms. The molecule has 1 aromatic carbocycles. The molecule has 1 aliphatic carbocycles. The van der Waals surface area contributed by atoms with Crippen LogP contribution in [0.4, 0.5) is 4.79 Å². The van der Waals surface area contributed by atoms with Gasteiger partial charge in [-0.05, 0) is 30.2 Å². The second-order valence-corrected chi connectivity index (χ2v) is 5.71. The van der Waals surface area contributed by atoms with Crippen LogP contribution in [0, 0.1) is 11.8 Å². The van der Waals surface area contributed by atoms with Gasteiger partial charge in [0.05, 0.1) is 0 Å². The zero-order valence-electron chi connectivity index (χ0n) is 11.1. The van der Waals surface area contributed by atoms with E-state index in [2.05, 4.69) is 5.32 Å². The minimum absolute atomic E-state index is 0.0467. The first-order valence-corrected chi connectivity index (χ1v) is 7.06. The molecule has 1 aromatic rings. The zero-order valence-corrected chi connectivity index (χ0v) is 11.1. The largest absolute Gasteiger partial charge is 0.334 e. The molecule has 3 unspecified atom stereocenters. The monoisotopic (exact) mass is 259 g/mol. The van der Waals surface area contributed by atoms with Crippen molar-refractivity contribution in [2.45, 2.75) is 25.4 Å². The van der Waals surface area contributed by atoms with E-state index in [1.165, 1.54) is 6.42 Å². The van der Waals surface area contributed by atoms with E-state index in [-0.39, 0.29) is 12.1 Å². The number of urea groups is 1. The Kier molecular flexibility index (Phi) is 3.42. The zero-order chi connectivity index (χ0) is 13.2. The highest BCUT2D eigenvalue weighted by Crippen LogP contribution is 2.36. The molecule has 0 bridgehead atoms. The van der Waals surface area contributed by atoms with Gasteiger partial charge in [0.2, 0.25) is 0 Å². The maximum atomic E-state index is 12.1. The van der Waals surface area contributed by atoms with Crippen LogP contribution >= 0.6 is 0 Å². The van der Waals surface area contributed by atoms with E-state index in [4.69, 9.17) is 5.73 Å². The third kappa shape index (κ3) is 2.59. The first-order valence-electron chi connectivity index (χ1n) is 7.06. The number of carbonyl (C=O) groups excluding carboxylic acids is 1. The van der Waals surface area contributed by atoms with E-state index >= 15 is 0 Å². The minimum Gasteiger partial charge on any atom is -0.334 e. The second kappa shape index (κ2) is 5.21. The SMILES string of the molecule is NC1CCC2CN(C(=O)NCc3ccccc3)CC12. The molecule has 3 rings (SSSR count). The molecule has 102 valence electrons. The Labute approximate surface area is 114 Å². The Hall–Kier alpha value is -1.55. The number of hydrogen-bond donors (Lipinski definition) is 2.